The maximum Gasteiger partial charge on any atom is 0.0207 e. The number of hydrogen-bond donors (Lipinski definition) is 1. The first-order chi connectivity index (χ1) is 7.22. The van der Waals surface area contributed by atoms with Crippen molar-refractivity contribution in [3.8, 4) is 0 Å². The summed E-state index contributed by atoms with van der Waals surface area (Å²) in [6.07, 6.45) is 4.01. The van der Waals surface area contributed by atoms with Crippen molar-refractivity contribution in [1.82, 2.24) is 15.1 Å². The number of nitrogens with zero attached hydrogens (tertiary/aromatic N) is 2. The summed E-state index contributed by atoms with van der Waals surface area (Å²) in [4.78, 5) is 4.87. The molecule has 0 aromatic carbocycles. The zero-order valence-electron chi connectivity index (χ0n) is 10.6. The Hall–Kier alpha value is -0.120. The molecule has 1 unspecified atom stereocenters. The Morgan fingerprint density at radius 2 is 2.13 bits per heavy atom. The zero-order chi connectivity index (χ0) is 11.1. The molecule has 0 aromatic rings. The van der Waals surface area contributed by atoms with E-state index in [-0.39, 0.29) is 0 Å². The van der Waals surface area contributed by atoms with Crippen LogP contribution in [-0.2, 0) is 0 Å². The number of likely N-dealkylation sites (N-methyl/N-ethyl adjacent to an activating group) is 1. The molecule has 15 heavy (non-hydrogen) atoms. The molecule has 1 aliphatic rings. The zero-order valence-corrected chi connectivity index (χ0v) is 10.6. The first-order valence-corrected chi connectivity index (χ1v) is 6.33. The molecule has 0 aliphatic carbocycles. The molecule has 0 spiro atoms. The predicted octanol–water partition coefficient (Wildman–Crippen LogP) is 1.01. The normalized spacial score (nSPS) is 22.8. The average Bonchev–Trinajstić information content (AvgIpc) is 2.61. The van der Waals surface area contributed by atoms with Crippen LogP contribution in [0.2, 0.25) is 0 Å². The molecule has 3 nitrogen and oxygen atoms in total. The minimum absolute atomic E-state index is 0.754. The molecule has 1 fully saturated rings. The van der Waals surface area contributed by atoms with Crippen molar-refractivity contribution in [2.45, 2.75) is 32.2 Å². The maximum absolute atomic E-state index is 3.53. The Balaban J connectivity index is 1.99. The van der Waals surface area contributed by atoms with Crippen LogP contribution in [-0.4, -0.2) is 62.7 Å². The summed E-state index contributed by atoms with van der Waals surface area (Å²) < 4.78 is 0. The van der Waals surface area contributed by atoms with Crippen molar-refractivity contribution >= 4 is 0 Å². The van der Waals surface area contributed by atoms with E-state index in [4.69, 9.17) is 0 Å². The van der Waals surface area contributed by atoms with Gasteiger partial charge in [0.1, 0.15) is 0 Å². The molecule has 1 aliphatic heterocycles. The molecule has 0 amide bonds. The van der Waals surface area contributed by atoms with E-state index in [9.17, 15) is 0 Å². The Bertz CT molecular complexity index is 159. The molecule has 1 atom stereocenters. The van der Waals surface area contributed by atoms with Crippen LogP contribution in [0.25, 0.3) is 0 Å². The Labute approximate surface area is 94.8 Å². The molecular weight excluding hydrogens is 186 g/mol. The second-order valence-electron chi connectivity index (χ2n) is 4.85. The van der Waals surface area contributed by atoms with Crippen LogP contribution in [0.1, 0.15) is 26.2 Å². The minimum Gasteiger partial charge on any atom is -0.313 e. The number of hydrogen-bond acceptors (Lipinski definition) is 3. The number of unbranched alkanes of at least 4 members (excludes halogenated alkanes) is 1. The van der Waals surface area contributed by atoms with Gasteiger partial charge in [-0.2, -0.15) is 0 Å². The number of nitrogens with one attached hydrogen (secondary N) is 1. The predicted molar refractivity (Wildman–Crippen MR) is 66.3 cm³/mol. The fourth-order valence-corrected chi connectivity index (χ4v) is 2.25. The van der Waals surface area contributed by atoms with Crippen molar-refractivity contribution in [1.29, 1.82) is 0 Å². The van der Waals surface area contributed by atoms with E-state index < -0.39 is 0 Å². The molecule has 1 heterocycles. The fourth-order valence-electron chi connectivity index (χ4n) is 2.25. The Morgan fingerprint density at radius 1 is 1.33 bits per heavy atom. The third kappa shape index (κ3) is 5.50. The summed E-state index contributed by atoms with van der Waals surface area (Å²) in [5, 5.41) is 3.53. The van der Waals surface area contributed by atoms with Crippen LogP contribution in [0.4, 0.5) is 0 Å². The van der Waals surface area contributed by atoms with Crippen LogP contribution < -0.4 is 5.32 Å². The van der Waals surface area contributed by atoms with E-state index in [2.05, 4.69) is 36.1 Å². The van der Waals surface area contributed by atoms with Gasteiger partial charge in [-0.05, 0) is 59.5 Å². The Morgan fingerprint density at radius 3 is 2.80 bits per heavy atom. The monoisotopic (exact) mass is 213 g/mol. The molecule has 1 saturated heterocycles. The molecule has 1 N–H and O–H groups in total. The lowest BCUT2D eigenvalue weighted by Gasteiger charge is -2.17. The second kappa shape index (κ2) is 7.20. The van der Waals surface area contributed by atoms with Crippen LogP contribution in [0.3, 0.4) is 0 Å². The lowest BCUT2D eigenvalue weighted by molar-refractivity contribution is 0.307. The highest BCUT2D eigenvalue weighted by Gasteiger charge is 2.20. The first kappa shape index (κ1) is 12.9. The van der Waals surface area contributed by atoms with Gasteiger partial charge in [0.05, 0.1) is 0 Å². The summed E-state index contributed by atoms with van der Waals surface area (Å²) in [5.41, 5.74) is 0. The molecular formula is C12H27N3. The van der Waals surface area contributed by atoms with Crippen molar-refractivity contribution in [2.24, 2.45) is 0 Å². The van der Waals surface area contributed by atoms with Crippen LogP contribution in [0.15, 0.2) is 0 Å². The highest BCUT2D eigenvalue weighted by Crippen LogP contribution is 2.09. The van der Waals surface area contributed by atoms with Gasteiger partial charge < -0.3 is 15.1 Å². The van der Waals surface area contributed by atoms with E-state index in [0.29, 0.717) is 0 Å². The van der Waals surface area contributed by atoms with Gasteiger partial charge in [0.15, 0.2) is 0 Å². The third-order valence-electron chi connectivity index (χ3n) is 3.09. The van der Waals surface area contributed by atoms with Gasteiger partial charge >= 0.3 is 0 Å². The van der Waals surface area contributed by atoms with Gasteiger partial charge in [-0.1, -0.05) is 6.92 Å². The maximum atomic E-state index is 3.53. The van der Waals surface area contributed by atoms with Crippen molar-refractivity contribution in [2.75, 3.05) is 46.8 Å². The lowest BCUT2D eigenvalue weighted by Crippen LogP contribution is -2.32. The standard InChI is InChI=1S/C12H27N3/c1-4-13-12-7-10-15(11-12)9-6-5-8-14(2)3/h12-13H,4-11H2,1-3H3. The van der Waals surface area contributed by atoms with Gasteiger partial charge in [0.25, 0.3) is 0 Å². The molecule has 1 rings (SSSR count). The molecule has 0 bridgehead atoms. The van der Waals surface area contributed by atoms with Gasteiger partial charge in [-0.3, -0.25) is 0 Å². The largest absolute Gasteiger partial charge is 0.313 e. The second-order valence-corrected chi connectivity index (χ2v) is 4.85. The highest BCUT2D eigenvalue weighted by atomic mass is 15.2. The minimum atomic E-state index is 0.754. The van der Waals surface area contributed by atoms with Gasteiger partial charge in [-0.15, -0.1) is 0 Å². The quantitative estimate of drug-likeness (QED) is 0.637. The summed E-state index contributed by atoms with van der Waals surface area (Å²) in [7, 11) is 4.30. The van der Waals surface area contributed by atoms with Crippen molar-refractivity contribution in [3.63, 3.8) is 0 Å². The van der Waals surface area contributed by atoms with E-state index in [1.165, 1.54) is 45.4 Å². The Kier molecular flexibility index (Phi) is 6.22. The fraction of sp³-hybridized carbons (Fsp3) is 1.00. The van der Waals surface area contributed by atoms with Crippen molar-refractivity contribution < 1.29 is 0 Å². The summed E-state index contributed by atoms with van der Waals surface area (Å²) >= 11 is 0. The number of rotatable bonds is 7. The first-order valence-electron chi connectivity index (χ1n) is 6.33. The van der Waals surface area contributed by atoms with Crippen LogP contribution >= 0.6 is 0 Å². The van der Waals surface area contributed by atoms with Crippen LogP contribution in [0, 0.1) is 0 Å². The van der Waals surface area contributed by atoms with E-state index in [0.717, 1.165) is 12.6 Å². The smallest absolute Gasteiger partial charge is 0.0207 e. The van der Waals surface area contributed by atoms with Crippen LogP contribution in [0.5, 0.6) is 0 Å². The van der Waals surface area contributed by atoms with Gasteiger partial charge in [-0.25, -0.2) is 0 Å². The molecule has 0 radical (unpaired) electrons. The topological polar surface area (TPSA) is 18.5 Å². The highest BCUT2D eigenvalue weighted by molar-refractivity contribution is 4.80. The SMILES string of the molecule is CCNC1CCN(CCCCN(C)C)C1. The van der Waals surface area contributed by atoms with Gasteiger partial charge in [0.2, 0.25) is 0 Å². The van der Waals surface area contributed by atoms with E-state index in [1.807, 2.05) is 0 Å². The third-order valence-corrected chi connectivity index (χ3v) is 3.09. The molecule has 0 aromatic heterocycles. The molecule has 3 heteroatoms. The van der Waals surface area contributed by atoms with Gasteiger partial charge in [0, 0.05) is 12.6 Å². The van der Waals surface area contributed by atoms with E-state index >= 15 is 0 Å². The molecule has 90 valence electrons. The summed E-state index contributed by atoms with van der Waals surface area (Å²) in [6.45, 7) is 8.37. The number of likely N-dealkylation sites (tertiary alicyclic amines) is 1. The lowest BCUT2D eigenvalue weighted by atomic mass is 10.2. The average molecular weight is 213 g/mol. The van der Waals surface area contributed by atoms with E-state index in [1.54, 1.807) is 0 Å². The molecule has 0 saturated carbocycles. The summed E-state index contributed by atoms with van der Waals surface area (Å²) in [6, 6.07) is 0.754. The summed E-state index contributed by atoms with van der Waals surface area (Å²) in [5.74, 6) is 0. The van der Waals surface area contributed by atoms with Crippen molar-refractivity contribution in [3.05, 3.63) is 0 Å².